The van der Waals surface area contributed by atoms with E-state index in [-0.39, 0.29) is 0 Å². The number of aromatic nitrogens is 1. The fourth-order valence-corrected chi connectivity index (χ4v) is 2.62. The number of hydrogen-bond acceptors (Lipinski definition) is 5. The summed E-state index contributed by atoms with van der Waals surface area (Å²) in [6.45, 7) is 1.37. The Balaban J connectivity index is 2.19. The maximum atomic E-state index is 11.9. The third-order valence-electron chi connectivity index (χ3n) is 2.82. The Labute approximate surface area is 121 Å². The number of nitrogens with one attached hydrogen (secondary N) is 1. The van der Waals surface area contributed by atoms with Crippen molar-refractivity contribution < 1.29 is 13.2 Å². The number of carbonyl (C=O) groups is 1. The molecular formula is C13H14N2O3S2. The summed E-state index contributed by atoms with van der Waals surface area (Å²) in [7, 11) is -3.40. The molecule has 0 bridgehead atoms. The van der Waals surface area contributed by atoms with Crippen LogP contribution in [0.25, 0.3) is 10.6 Å². The average Bonchev–Trinajstić information content (AvgIpc) is 2.91. The summed E-state index contributed by atoms with van der Waals surface area (Å²) in [5, 5.41) is 4.24. The lowest BCUT2D eigenvalue weighted by Gasteiger charge is -2.11. The third kappa shape index (κ3) is 3.43. The Bertz CT molecular complexity index is 709. The molecule has 106 valence electrons. The molecule has 20 heavy (non-hydrogen) atoms. The molecule has 0 saturated heterocycles. The molecule has 0 radical (unpaired) electrons. The molecule has 2 rings (SSSR count). The standard InChI is InChI=1S/C13H14N2O3S2/c1-9(20(2,17)18)12(16)15-11-5-3-4-10(8-11)13-14-6-7-19-13/h3-9H,1-2H3,(H,15,16). The van der Waals surface area contributed by atoms with Crippen LogP contribution in [0.2, 0.25) is 0 Å². The van der Waals surface area contributed by atoms with Crippen molar-refractivity contribution in [3.63, 3.8) is 0 Å². The van der Waals surface area contributed by atoms with Crippen LogP contribution in [-0.2, 0) is 14.6 Å². The molecule has 1 unspecified atom stereocenters. The van der Waals surface area contributed by atoms with E-state index in [1.807, 2.05) is 11.4 Å². The largest absolute Gasteiger partial charge is 0.325 e. The average molecular weight is 310 g/mol. The highest BCUT2D eigenvalue weighted by Crippen LogP contribution is 2.24. The first-order valence-corrected chi connectivity index (χ1v) is 8.71. The summed E-state index contributed by atoms with van der Waals surface area (Å²) < 4.78 is 22.7. The Kier molecular flexibility index (Phi) is 4.20. The fourth-order valence-electron chi connectivity index (χ4n) is 1.53. The highest BCUT2D eigenvalue weighted by Gasteiger charge is 2.23. The zero-order valence-corrected chi connectivity index (χ0v) is 12.7. The summed E-state index contributed by atoms with van der Waals surface area (Å²) in [6.07, 6.45) is 2.75. The van der Waals surface area contributed by atoms with Crippen molar-refractivity contribution in [1.82, 2.24) is 4.98 Å². The number of anilines is 1. The molecule has 1 heterocycles. The first-order chi connectivity index (χ1) is 9.38. The van der Waals surface area contributed by atoms with Gasteiger partial charge in [0.2, 0.25) is 5.91 Å². The topological polar surface area (TPSA) is 76.1 Å². The van der Waals surface area contributed by atoms with Gasteiger partial charge in [0.25, 0.3) is 0 Å². The summed E-state index contributed by atoms with van der Waals surface area (Å²) >= 11 is 1.49. The van der Waals surface area contributed by atoms with Crippen LogP contribution < -0.4 is 5.32 Å². The molecule has 0 fully saturated rings. The quantitative estimate of drug-likeness (QED) is 0.939. The molecular weight excluding hydrogens is 296 g/mol. The molecule has 1 N–H and O–H groups in total. The van der Waals surface area contributed by atoms with E-state index in [1.165, 1.54) is 18.3 Å². The van der Waals surface area contributed by atoms with Crippen LogP contribution in [0, 0.1) is 0 Å². The molecule has 0 saturated carbocycles. The molecule has 5 nitrogen and oxygen atoms in total. The molecule has 1 amide bonds. The van der Waals surface area contributed by atoms with Gasteiger partial charge in [0.05, 0.1) is 0 Å². The minimum atomic E-state index is -3.40. The smallest absolute Gasteiger partial charge is 0.242 e. The molecule has 1 aromatic carbocycles. The molecule has 0 spiro atoms. The molecule has 0 aliphatic carbocycles. The molecule has 1 atom stereocenters. The lowest BCUT2D eigenvalue weighted by atomic mass is 10.2. The van der Waals surface area contributed by atoms with Gasteiger partial charge in [0.1, 0.15) is 10.3 Å². The Hall–Kier alpha value is -1.73. The third-order valence-corrected chi connectivity index (χ3v) is 5.14. The first-order valence-electron chi connectivity index (χ1n) is 5.87. The zero-order valence-electron chi connectivity index (χ0n) is 11.0. The maximum absolute atomic E-state index is 11.9. The van der Waals surface area contributed by atoms with E-state index in [1.54, 1.807) is 24.4 Å². The summed E-state index contributed by atoms with van der Waals surface area (Å²) in [5.41, 5.74) is 1.43. The highest BCUT2D eigenvalue weighted by molar-refractivity contribution is 7.92. The van der Waals surface area contributed by atoms with Crippen molar-refractivity contribution in [3.05, 3.63) is 35.8 Å². The Morgan fingerprint density at radius 3 is 2.75 bits per heavy atom. The summed E-state index contributed by atoms with van der Waals surface area (Å²) in [6, 6.07) is 7.15. The second-order valence-corrected chi connectivity index (χ2v) is 7.64. The lowest BCUT2D eigenvalue weighted by molar-refractivity contribution is -0.115. The zero-order chi connectivity index (χ0) is 14.8. The number of carbonyl (C=O) groups excluding carboxylic acids is 1. The Morgan fingerprint density at radius 2 is 2.15 bits per heavy atom. The van der Waals surface area contributed by atoms with E-state index >= 15 is 0 Å². The fraction of sp³-hybridized carbons (Fsp3) is 0.231. The molecule has 2 aromatic rings. The molecule has 0 aliphatic heterocycles. The van der Waals surface area contributed by atoms with Crippen LogP contribution in [0.3, 0.4) is 0 Å². The molecule has 1 aromatic heterocycles. The van der Waals surface area contributed by atoms with Crippen molar-refractivity contribution in [3.8, 4) is 10.6 Å². The van der Waals surface area contributed by atoms with Gasteiger partial charge in [-0.1, -0.05) is 12.1 Å². The van der Waals surface area contributed by atoms with Gasteiger partial charge in [-0.05, 0) is 19.1 Å². The molecule has 7 heteroatoms. The van der Waals surface area contributed by atoms with Crippen LogP contribution >= 0.6 is 11.3 Å². The molecule has 0 aliphatic rings. The predicted molar refractivity (Wildman–Crippen MR) is 80.5 cm³/mol. The van der Waals surface area contributed by atoms with Gasteiger partial charge >= 0.3 is 0 Å². The van der Waals surface area contributed by atoms with Crippen molar-refractivity contribution in [2.24, 2.45) is 0 Å². The number of nitrogens with zero attached hydrogens (tertiary/aromatic N) is 1. The van der Waals surface area contributed by atoms with Gasteiger partial charge in [-0.2, -0.15) is 0 Å². The second-order valence-electron chi connectivity index (χ2n) is 4.38. The number of amides is 1. The number of thiazole rings is 1. The Morgan fingerprint density at radius 1 is 1.40 bits per heavy atom. The normalized spacial score (nSPS) is 12.9. The van der Waals surface area contributed by atoms with E-state index in [2.05, 4.69) is 10.3 Å². The number of sulfone groups is 1. The first kappa shape index (κ1) is 14.7. The van der Waals surface area contributed by atoms with Gasteiger partial charge in [-0.15, -0.1) is 11.3 Å². The predicted octanol–water partition coefficient (Wildman–Crippen LogP) is 2.18. The lowest BCUT2D eigenvalue weighted by Crippen LogP contribution is -2.31. The van der Waals surface area contributed by atoms with Crippen LogP contribution in [0.15, 0.2) is 35.8 Å². The second kappa shape index (κ2) is 5.72. The van der Waals surface area contributed by atoms with E-state index in [4.69, 9.17) is 0 Å². The van der Waals surface area contributed by atoms with E-state index < -0.39 is 21.0 Å². The van der Waals surface area contributed by atoms with Gasteiger partial charge in [0, 0.05) is 29.1 Å². The van der Waals surface area contributed by atoms with Crippen molar-refractivity contribution in [2.45, 2.75) is 12.2 Å². The summed E-state index contributed by atoms with van der Waals surface area (Å²) in [4.78, 5) is 16.0. The van der Waals surface area contributed by atoms with Crippen LogP contribution in [-0.4, -0.2) is 30.8 Å². The minimum Gasteiger partial charge on any atom is -0.325 e. The maximum Gasteiger partial charge on any atom is 0.242 e. The highest BCUT2D eigenvalue weighted by atomic mass is 32.2. The van der Waals surface area contributed by atoms with Crippen molar-refractivity contribution >= 4 is 32.8 Å². The minimum absolute atomic E-state index is 0.538. The van der Waals surface area contributed by atoms with Gasteiger partial charge in [-0.3, -0.25) is 4.79 Å². The number of rotatable bonds is 4. The van der Waals surface area contributed by atoms with Crippen LogP contribution in [0.1, 0.15) is 6.92 Å². The van der Waals surface area contributed by atoms with Crippen LogP contribution in [0.5, 0.6) is 0 Å². The van der Waals surface area contributed by atoms with Gasteiger partial charge in [0.15, 0.2) is 9.84 Å². The van der Waals surface area contributed by atoms with Gasteiger partial charge < -0.3 is 5.32 Å². The monoisotopic (exact) mass is 310 g/mol. The van der Waals surface area contributed by atoms with Gasteiger partial charge in [-0.25, -0.2) is 13.4 Å². The number of hydrogen-bond donors (Lipinski definition) is 1. The van der Waals surface area contributed by atoms with Crippen molar-refractivity contribution in [2.75, 3.05) is 11.6 Å². The van der Waals surface area contributed by atoms with E-state index in [0.717, 1.165) is 16.8 Å². The van der Waals surface area contributed by atoms with Crippen molar-refractivity contribution in [1.29, 1.82) is 0 Å². The van der Waals surface area contributed by atoms with E-state index in [9.17, 15) is 13.2 Å². The SMILES string of the molecule is CC(C(=O)Nc1cccc(-c2nccs2)c1)S(C)(=O)=O. The summed E-state index contributed by atoms with van der Waals surface area (Å²) in [5.74, 6) is -0.538. The number of benzene rings is 1. The van der Waals surface area contributed by atoms with E-state index in [0.29, 0.717) is 5.69 Å². The van der Waals surface area contributed by atoms with Crippen LogP contribution in [0.4, 0.5) is 5.69 Å².